The average Bonchev–Trinajstić information content (AvgIpc) is 3.28. The zero-order chi connectivity index (χ0) is 21.6. The van der Waals surface area contributed by atoms with E-state index >= 15 is 0 Å². The number of halogens is 5. The van der Waals surface area contributed by atoms with Gasteiger partial charge < -0.3 is 15.2 Å². The van der Waals surface area contributed by atoms with Crippen LogP contribution in [0, 0.1) is 11.6 Å². The molecule has 13 heteroatoms. The molecular weight excluding hydrogens is 413 g/mol. The molecule has 0 spiro atoms. The van der Waals surface area contributed by atoms with Gasteiger partial charge in [-0.3, -0.25) is 9.89 Å². The van der Waals surface area contributed by atoms with Crippen LogP contribution in [0.25, 0.3) is 10.9 Å². The molecule has 3 aromatic rings. The number of H-pyrrole nitrogens is 1. The first-order chi connectivity index (χ1) is 14.1. The minimum Gasteiger partial charge on any atom is -0.333 e. The fraction of sp³-hybridized carbons (Fsp3) is 0.412. The molecule has 4 rings (SSSR count). The molecule has 160 valence electrons. The van der Waals surface area contributed by atoms with Crippen LogP contribution < -0.4 is 5.73 Å². The molecule has 0 fully saturated rings. The van der Waals surface area contributed by atoms with Crippen molar-refractivity contribution >= 4 is 16.8 Å². The molecule has 1 unspecified atom stereocenters. The summed E-state index contributed by atoms with van der Waals surface area (Å²) < 4.78 is 67.4. The van der Waals surface area contributed by atoms with Gasteiger partial charge in [0.2, 0.25) is 11.7 Å². The molecule has 8 nitrogen and oxygen atoms in total. The van der Waals surface area contributed by atoms with Gasteiger partial charge in [-0.05, 0) is 12.1 Å². The molecule has 0 saturated heterocycles. The number of amides is 1. The highest BCUT2D eigenvalue weighted by Gasteiger charge is 2.40. The van der Waals surface area contributed by atoms with Crippen molar-refractivity contribution in [1.82, 2.24) is 29.9 Å². The van der Waals surface area contributed by atoms with Crippen molar-refractivity contribution in [1.29, 1.82) is 0 Å². The number of hydrogen-bond donors (Lipinski definition) is 2. The van der Waals surface area contributed by atoms with Crippen LogP contribution in [0.1, 0.15) is 23.8 Å². The number of rotatable bonds is 4. The maximum atomic E-state index is 14.1. The third-order valence-electron chi connectivity index (χ3n) is 4.94. The van der Waals surface area contributed by atoms with E-state index in [9.17, 15) is 26.7 Å². The smallest absolute Gasteiger partial charge is 0.333 e. The van der Waals surface area contributed by atoms with E-state index in [0.29, 0.717) is 0 Å². The van der Waals surface area contributed by atoms with Crippen LogP contribution in [0.4, 0.5) is 22.0 Å². The lowest BCUT2D eigenvalue weighted by Crippen LogP contribution is -2.42. The number of benzene rings is 1. The molecule has 0 radical (unpaired) electrons. The second-order valence-electron chi connectivity index (χ2n) is 7.03. The van der Waals surface area contributed by atoms with Crippen molar-refractivity contribution in [3.8, 4) is 0 Å². The molecule has 0 saturated carbocycles. The summed E-state index contributed by atoms with van der Waals surface area (Å²) in [5, 5.41) is 13.0. The van der Waals surface area contributed by atoms with Crippen LogP contribution in [0.15, 0.2) is 12.1 Å². The van der Waals surface area contributed by atoms with Gasteiger partial charge in [-0.1, -0.05) is 0 Å². The van der Waals surface area contributed by atoms with Gasteiger partial charge in [0, 0.05) is 37.7 Å². The first-order valence-electron chi connectivity index (χ1n) is 8.98. The first kappa shape index (κ1) is 20.2. The summed E-state index contributed by atoms with van der Waals surface area (Å²) in [7, 11) is 0. The fourth-order valence-electron chi connectivity index (χ4n) is 3.53. The Kier molecular flexibility index (Phi) is 4.92. The largest absolute Gasteiger partial charge is 0.451 e. The van der Waals surface area contributed by atoms with Gasteiger partial charge in [-0.25, -0.2) is 8.78 Å². The van der Waals surface area contributed by atoms with Crippen molar-refractivity contribution in [2.45, 2.75) is 38.1 Å². The zero-order valence-corrected chi connectivity index (χ0v) is 15.4. The van der Waals surface area contributed by atoms with Gasteiger partial charge in [0.05, 0.1) is 11.9 Å². The molecule has 2 aromatic heterocycles. The van der Waals surface area contributed by atoms with Crippen LogP contribution in [-0.2, 0) is 30.5 Å². The van der Waals surface area contributed by atoms with Crippen LogP contribution >= 0.6 is 0 Å². The molecule has 3 heterocycles. The summed E-state index contributed by atoms with van der Waals surface area (Å²) in [5.41, 5.74) is 6.12. The van der Waals surface area contributed by atoms with Gasteiger partial charge in [-0.15, -0.1) is 10.2 Å². The van der Waals surface area contributed by atoms with Crippen LogP contribution in [0.3, 0.4) is 0 Å². The molecule has 30 heavy (non-hydrogen) atoms. The summed E-state index contributed by atoms with van der Waals surface area (Å²) in [6.07, 6.45) is -4.73. The SMILES string of the molecule is NC(CC(=O)N1CCn2c(nnc2C(F)(F)F)C1)Cc1[nH]nc2c(F)ccc(F)c12. The topological polar surface area (TPSA) is 106 Å². The molecule has 1 atom stereocenters. The van der Waals surface area contributed by atoms with Crippen molar-refractivity contribution < 1.29 is 26.7 Å². The third-order valence-corrected chi connectivity index (χ3v) is 4.94. The van der Waals surface area contributed by atoms with Crippen molar-refractivity contribution in [3.05, 3.63) is 41.1 Å². The number of hydrogen-bond acceptors (Lipinski definition) is 5. The summed E-state index contributed by atoms with van der Waals surface area (Å²) in [6.45, 7) is -0.165. The maximum absolute atomic E-state index is 14.1. The lowest BCUT2D eigenvalue weighted by Gasteiger charge is -2.29. The number of nitrogens with two attached hydrogens (primary N) is 1. The molecule has 3 N–H and O–H groups in total. The second kappa shape index (κ2) is 7.31. The van der Waals surface area contributed by atoms with Gasteiger partial charge in [0.1, 0.15) is 11.3 Å². The van der Waals surface area contributed by atoms with E-state index in [-0.39, 0.29) is 60.8 Å². The summed E-state index contributed by atoms with van der Waals surface area (Å²) >= 11 is 0. The fourth-order valence-corrected chi connectivity index (χ4v) is 3.53. The predicted octanol–water partition coefficient (Wildman–Crippen LogP) is 1.75. The van der Waals surface area contributed by atoms with Crippen molar-refractivity contribution in [2.24, 2.45) is 5.73 Å². The van der Waals surface area contributed by atoms with Gasteiger partial charge in [-0.2, -0.15) is 18.3 Å². The number of fused-ring (bicyclic) bond motifs is 2. The average molecular weight is 429 g/mol. The normalized spacial score (nSPS) is 15.5. The molecular formula is C17H16F5N7O. The first-order valence-corrected chi connectivity index (χ1v) is 8.98. The Bertz CT molecular complexity index is 1110. The Morgan fingerprint density at radius 2 is 1.93 bits per heavy atom. The van der Waals surface area contributed by atoms with E-state index in [2.05, 4.69) is 20.4 Å². The minimum absolute atomic E-state index is 0.0244. The summed E-state index contributed by atoms with van der Waals surface area (Å²) in [6, 6.07) is 1.20. The number of carbonyl (C=O) groups excluding carboxylic acids is 1. The van der Waals surface area contributed by atoms with E-state index < -0.39 is 29.7 Å². The van der Waals surface area contributed by atoms with Gasteiger partial charge >= 0.3 is 6.18 Å². The molecule has 0 aliphatic carbocycles. The van der Waals surface area contributed by atoms with Crippen molar-refractivity contribution in [3.63, 3.8) is 0 Å². The van der Waals surface area contributed by atoms with Crippen LogP contribution in [0.5, 0.6) is 0 Å². The lowest BCUT2D eigenvalue weighted by molar-refractivity contribution is -0.148. The van der Waals surface area contributed by atoms with Crippen LogP contribution in [0.2, 0.25) is 0 Å². The number of aromatic amines is 1. The number of nitrogens with zero attached hydrogens (tertiary/aromatic N) is 5. The van der Waals surface area contributed by atoms with Crippen molar-refractivity contribution in [2.75, 3.05) is 6.54 Å². The number of carbonyl (C=O) groups is 1. The highest BCUT2D eigenvalue weighted by Crippen LogP contribution is 2.29. The maximum Gasteiger partial charge on any atom is 0.451 e. The zero-order valence-electron chi connectivity index (χ0n) is 15.4. The standard InChI is InChI=1S/C17H16F5N7O/c18-9-1-2-10(19)15-14(9)11(24-26-15)5-8(23)6-13(30)28-3-4-29-12(7-28)25-27-16(29)17(20,21)22/h1-2,8H,3-7,23H2,(H,24,26). The highest BCUT2D eigenvalue weighted by molar-refractivity contribution is 5.83. The Hall–Kier alpha value is -3.09. The van der Waals surface area contributed by atoms with Gasteiger partial charge in [0.15, 0.2) is 11.6 Å². The van der Waals surface area contributed by atoms with E-state index in [4.69, 9.17) is 5.73 Å². The number of aromatic nitrogens is 5. The van der Waals surface area contributed by atoms with Gasteiger partial charge in [0.25, 0.3) is 0 Å². The number of nitrogens with one attached hydrogen (secondary N) is 1. The quantitative estimate of drug-likeness (QED) is 0.615. The summed E-state index contributed by atoms with van der Waals surface area (Å²) in [4.78, 5) is 13.9. The Morgan fingerprint density at radius 1 is 1.20 bits per heavy atom. The van der Waals surface area contributed by atoms with E-state index in [1.54, 1.807) is 0 Å². The second-order valence-corrected chi connectivity index (χ2v) is 7.03. The molecule has 1 amide bonds. The lowest BCUT2D eigenvalue weighted by atomic mass is 10.0. The highest BCUT2D eigenvalue weighted by atomic mass is 19.4. The summed E-state index contributed by atoms with van der Waals surface area (Å²) in [5.74, 6) is -2.80. The number of alkyl halides is 3. The Balaban J connectivity index is 1.43. The molecule has 0 bridgehead atoms. The Labute approximate surface area is 165 Å². The van der Waals surface area contributed by atoms with E-state index in [1.807, 2.05) is 0 Å². The molecule has 1 aromatic carbocycles. The molecule has 1 aliphatic heterocycles. The van der Waals surface area contributed by atoms with E-state index in [1.165, 1.54) is 4.90 Å². The monoisotopic (exact) mass is 429 g/mol. The van der Waals surface area contributed by atoms with Crippen LogP contribution in [-0.4, -0.2) is 48.4 Å². The minimum atomic E-state index is -4.62. The Morgan fingerprint density at radius 3 is 2.67 bits per heavy atom. The molecule has 1 aliphatic rings. The third kappa shape index (κ3) is 3.60. The predicted molar refractivity (Wildman–Crippen MR) is 92.7 cm³/mol. The van der Waals surface area contributed by atoms with E-state index in [0.717, 1.165) is 16.7 Å².